The summed E-state index contributed by atoms with van der Waals surface area (Å²) in [5, 5.41) is 4.53. The van der Waals surface area contributed by atoms with Gasteiger partial charge in [-0.2, -0.15) is 5.10 Å². The van der Waals surface area contributed by atoms with Gasteiger partial charge in [0.1, 0.15) is 11.6 Å². The lowest BCUT2D eigenvalue weighted by molar-refractivity contribution is 0.716. The minimum atomic E-state index is 0.675. The Hall–Kier alpha value is -3.15. The summed E-state index contributed by atoms with van der Waals surface area (Å²) in [4.78, 5) is 11.8. The molecule has 3 aromatic heterocycles. The molecule has 0 bridgehead atoms. The van der Waals surface area contributed by atoms with E-state index in [0.717, 1.165) is 47.0 Å². The van der Waals surface area contributed by atoms with Crippen molar-refractivity contribution in [3.05, 3.63) is 60.6 Å². The molecule has 6 heteroatoms. The van der Waals surface area contributed by atoms with Gasteiger partial charge in [0.25, 0.3) is 0 Å². The summed E-state index contributed by atoms with van der Waals surface area (Å²) in [5.41, 5.74) is 4.11. The number of fused-ring (bicyclic) bond motifs is 1. The maximum Gasteiger partial charge on any atom is 0.143 e. The third-order valence-electron chi connectivity index (χ3n) is 4.84. The van der Waals surface area contributed by atoms with Crippen molar-refractivity contribution in [2.24, 2.45) is 7.05 Å². The highest BCUT2D eigenvalue weighted by Crippen LogP contribution is 2.26. The van der Waals surface area contributed by atoms with Crippen LogP contribution in [0.1, 0.15) is 19.5 Å². The molecule has 0 unspecified atom stereocenters. The van der Waals surface area contributed by atoms with Gasteiger partial charge in [0.2, 0.25) is 0 Å². The monoisotopic (exact) mass is 360 g/mol. The number of nitrogens with zero attached hydrogens (tertiary/aromatic N) is 6. The van der Waals surface area contributed by atoms with E-state index in [1.807, 2.05) is 48.4 Å². The number of hydrogen-bond acceptors (Lipinski definition) is 4. The molecule has 0 aliphatic heterocycles. The normalized spacial score (nSPS) is 11.2. The van der Waals surface area contributed by atoms with Crippen LogP contribution < -0.4 is 4.90 Å². The summed E-state index contributed by atoms with van der Waals surface area (Å²) in [6.45, 7) is 6.85. The van der Waals surface area contributed by atoms with E-state index in [9.17, 15) is 0 Å². The molecule has 0 atom stereocenters. The van der Waals surface area contributed by atoms with Crippen LogP contribution in [0.5, 0.6) is 0 Å². The zero-order valence-corrected chi connectivity index (χ0v) is 16.0. The first-order valence-corrected chi connectivity index (χ1v) is 9.34. The number of anilines is 1. The van der Waals surface area contributed by atoms with Gasteiger partial charge in [-0.1, -0.05) is 12.1 Å². The van der Waals surface area contributed by atoms with Gasteiger partial charge in [0.15, 0.2) is 0 Å². The number of pyridine rings is 1. The molecule has 0 amide bonds. The highest BCUT2D eigenvalue weighted by Gasteiger charge is 2.14. The van der Waals surface area contributed by atoms with Crippen molar-refractivity contribution in [1.82, 2.24) is 24.3 Å². The maximum absolute atomic E-state index is 4.88. The summed E-state index contributed by atoms with van der Waals surface area (Å²) in [5.74, 6) is 1.91. The molecule has 0 aliphatic carbocycles. The summed E-state index contributed by atoms with van der Waals surface area (Å²) in [6, 6.07) is 14.4. The molecule has 0 radical (unpaired) electrons. The second-order valence-corrected chi connectivity index (χ2v) is 6.57. The molecular weight excluding hydrogens is 336 g/mol. The van der Waals surface area contributed by atoms with Gasteiger partial charge >= 0.3 is 0 Å². The van der Waals surface area contributed by atoms with Gasteiger partial charge in [0.05, 0.1) is 23.3 Å². The number of rotatable bonds is 6. The Balaban J connectivity index is 1.77. The van der Waals surface area contributed by atoms with Gasteiger partial charge < -0.3 is 9.47 Å². The average molecular weight is 360 g/mol. The molecule has 1 aromatic carbocycles. The highest BCUT2D eigenvalue weighted by molar-refractivity contribution is 5.80. The van der Waals surface area contributed by atoms with E-state index in [-0.39, 0.29) is 0 Å². The van der Waals surface area contributed by atoms with Crippen LogP contribution in [0.3, 0.4) is 0 Å². The number of imidazole rings is 1. The maximum atomic E-state index is 4.88. The third kappa shape index (κ3) is 3.30. The van der Waals surface area contributed by atoms with Crippen LogP contribution in [-0.2, 0) is 13.6 Å². The Kier molecular flexibility index (Phi) is 4.62. The van der Waals surface area contributed by atoms with E-state index in [0.29, 0.717) is 6.54 Å². The minimum absolute atomic E-state index is 0.675. The molecule has 4 aromatic rings. The van der Waals surface area contributed by atoms with E-state index in [4.69, 9.17) is 4.98 Å². The van der Waals surface area contributed by atoms with Crippen molar-refractivity contribution in [1.29, 1.82) is 0 Å². The first-order valence-electron chi connectivity index (χ1n) is 9.34. The first kappa shape index (κ1) is 17.3. The Morgan fingerprint density at radius 3 is 2.48 bits per heavy atom. The van der Waals surface area contributed by atoms with Crippen LogP contribution in [0.25, 0.3) is 22.4 Å². The molecular formula is C21H24N6. The Bertz CT molecular complexity index is 1040. The Morgan fingerprint density at radius 2 is 1.81 bits per heavy atom. The fourth-order valence-corrected chi connectivity index (χ4v) is 3.42. The van der Waals surface area contributed by atoms with Crippen molar-refractivity contribution in [2.45, 2.75) is 20.4 Å². The molecule has 4 rings (SSSR count). The van der Waals surface area contributed by atoms with E-state index in [1.165, 1.54) is 0 Å². The summed E-state index contributed by atoms with van der Waals surface area (Å²) in [6.07, 6.45) is 3.89. The molecule has 3 heterocycles. The van der Waals surface area contributed by atoms with Gasteiger partial charge in [-0.05, 0) is 44.2 Å². The molecule has 138 valence electrons. The molecule has 27 heavy (non-hydrogen) atoms. The van der Waals surface area contributed by atoms with Crippen molar-refractivity contribution in [3.8, 4) is 11.4 Å². The smallest absolute Gasteiger partial charge is 0.143 e. The number of para-hydroxylation sites is 2. The zero-order chi connectivity index (χ0) is 18.8. The van der Waals surface area contributed by atoms with E-state index < -0.39 is 0 Å². The zero-order valence-electron chi connectivity index (χ0n) is 16.0. The van der Waals surface area contributed by atoms with Crippen molar-refractivity contribution in [3.63, 3.8) is 0 Å². The summed E-state index contributed by atoms with van der Waals surface area (Å²) < 4.78 is 4.04. The van der Waals surface area contributed by atoms with Crippen LogP contribution >= 0.6 is 0 Å². The van der Waals surface area contributed by atoms with Gasteiger partial charge in [-0.15, -0.1) is 0 Å². The first-order chi connectivity index (χ1) is 13.2. The predicted molar refractivity (Wildman–Crippen MR) is 109 cm³/mol. The molecule has 6 nitrogen and oxygen atoms in total. The van der Waals surface area contributed by atoms with Crippen LogP contribution in [-0.4, -0.2) is 37.4 Å². The van der Waals surface area contributed by atoms with E-state index >= 15 is 0 Å². The second kappa shape index (κ2) is 7.23. The van der Waals surface area contributed by atoms with Gasteiger partial charge in [0, 0.05) is 38.1 Å². The Morgan fingerprint density at radius 1 is 1.00 bits per heavy atom. The number of aryl methyl sites for hydroxylation is 1. The molecule has 0 spiro atoms. The molecule has 0 N–H and O–H groups in total. The quantitative estimate of drug-likeness (QED) is 0.526. The topological polar surface area (TPSA) is 51.8 Å². The standard InChI is InChI=1S/C21H24N6/c1-4-26(5-2)20-11-10-16(14-22-20)21-23-18-8-6-7-9-19(18)27(21)15-17-12-13-25(3)24-17/h6-14H,4-5,15H2,1-3H3. The lowest BCUT2D eigenvalue weighted by Crippen LogP contribution is -2.22. The van der Waals surface area contributed by atoms with E-state index in [2.05, 4.69) is 51.6 Å². The average Bonchev–Trinajstić information content (AvgIpc) is 3.27. The van der Waals surface area contributed by atoms with Crippen molar-refractivity contribution < 1.29 is 0 Å². The van der Waals surface area contributed by atoms with Crippen LogP contribution in [0.4, 0.5) is 5.82 Å². The lowest BCUT2D eigenvalue weighted by atomic mass is 10.2. The van der Waals surface area contributed by atoms with Crippen molar-refractivity contribution >= 4 is 16.9 Å². The molecule has 0 saturated heterocycles. The molecule has 0 fully saturated rings. The van der Waals surface area contributed by atoms with Gasteiger partial charge in [-0.3, -0.25) is 4.68 Å². The van der Waals surface area contributed by atoms with E-state index in [1.54, 1.807) is 0 Å². The van der Waals surface area contributed by atoms with Gasteiger partial charge in [-0.25, -0.2) is 9.97 Å². The molecule has 0 saturated carbocycles. The van der Waals surface area contributed by atoms with Crippen LogP contribution in [0.15, 0.2) is 54.9 Å². The van der Waals surface area contributed by atoms with Crippen LogP contribution in [0, 0.1) is 0 Å². The second-order valence-electron chi connectivity index (χ2n) is 6.57. The number of aromatic nitrogens is 5. The summed E-state index contributed by atoms with van der Waals surface area (Å²) >= 11 is 0. The highest BCUT2D eigenvalue weighted by atomic mass is 15.3. The fraction of sp³-hybridized carbons (Fsp3) is 0.286. The lowest BCUT2D eigenvalue weighted by Gasteiger charge is -2.19. The third-order valence-corrected chi connectivity index (χ3v) is 4.84. The SMILES string of the molecule is CCN(CC)c1ccc(-c2nc3ccccc3n2Cc2ccn(C)n2)cn1. The number of benzene rings is 1. The minimum Gasteiger partial charge on any atom is -0.357 e. The summed E-state index contributed by atoms with van der Waals surface area (Å²) in [7, 11) is 1.94. The molecule has 0 aliphatic rings. The van der Waals surface area contributed by atoms with Crippen molar-refractivity contribution in [2.75, 3.05) is 18.0 Å². The predicted octanol–water partition coefficient (Wildman–Crippen LogP) is 3.73. The number of hydrogen-bond donors (Lipinski definition) is 0. The van der Waals surface area contributed by atoms with Crippen LogP contribution in [0.2, 0.25) is 0 Å². The fourth-order valence-electron chi connectivity index (χ4n) is 3.42. The Labute approximate surface area is 159 Å². The largest absolute Gasteiger partial charge is 0.357 e.